The first-order valence-corrected chi connectivity index (χ1v) is 7.54. The van der Waals surface area contributed by atoms with Crippen LogP contribution in [0.1, 0.15) is 16.7 Å². The second-order valence-corrected chi connectivity index (χ2v) is 5.16. The number of hydrogen-bond donors (Lipinski definition) is 0. The molecule has 0 saturated heterocycles. The van der Waals surface area contributed by atoms with E-state index < -0.39 is 0 Å². The van der Waals surface area contributed by atoms with Gasteiger partial charge in [-0.25, -0.2) is 0 Å². The predicted octanol–water partition coefficient (Wildman–Crippen LogP) is 3.86. The van der Waals surface area contributed by atoms with Gasteiger partial charge in [0.25, 0.3) is 0 Å². The maximum Gasteiger partial charge on any atom is 0.168 e. The van der Waals surface area contributed by atoms with Crippen molar-refractivity contribution in [2.24, 2.45) is 0 Å². The molecule has 2 aromatic rings. The molecule has 0 saturated carbocycles. The molecule has 2 aromatic carbocycles. The average Bonchev–Trinajstić information content (AvgIpc) is 2.59. The Balaban J connectivity index is 1.62. The van der Waals surface area contributed by atoms with Crippen LogP contribution in [0.2, 0.25) is 0 Å². The highest BCUT2D eigenvalue weighted by molar-refractivity contribution is 5.64. The molecule has 0 amide bonds. The van der Waals surface area contributed by atoms with Gasteiger partial charge >= 0.3 is 0 Å². The van der Waals surface area contributed by atoms with Gasteiger partial charge in [-0.3, -0.25) is 0 Å². The highest BCUT2D eigenvalue weighted by Gasteiger charge is 2.18. The van der Waals surface area contributed by atoms with Crippen LogP contribution in [0.15, 0.2) is 49.0 Å². The van der Waals surface area contributed by atoms with Gasteiger partial charge in [0.2, 0.25) is 0 Å². The second-order valence-electron chi connectivity index (χ2n) is 5.16. The number of ether oxygens (including phenoxy) is 3. The summed E-state index contributed by atoms with van der Waals surface area (Å²) in [6, 6.07) is 14.3. The van der Waals surface area contributed by atoms with Gasteiger partial charge in [0.1, 0.15) is 13.2 Å². The first kappa shape index (κ1) is 14.7. The van der Waals surface area contributed by atoms with Crippen LogP contribution in [0.25, 0.3) is 6.08 Å². The smallest absolute Gasteiger partial charge is 0.168 e. The highest BCUT2D eigenvalue weighted by Crippen LogP contribution is 2.38. The Morgan fingerprint density at radius 3 is 2.55 bits per heavy atom. The topological polar surface area (TPSA) is 27.7 Å². The van der Waals surface area contributed by atoms with Crippen molar-refractivity contribution in [2.75, 3.05) is 19.8 Å². The Morgan fingerprint density at radius 2 is 1.77 bits per heavy atom. The summed E-state index contributed by atoms with van der Waals surface area (Å²) in [5, 5.41) is 0. The summed E-state index contributed by atoms with van der Waals surface area (Å²) in [5.41, 5.74) is 3.28. The van der Waals surface area contributed by atoms with E-state index in [2.05, 4.69) is 24.8 Å². The molecule has 0 bridgehead atoms. The maximum absolute atomic E-state index is 5.78. The monoisotopic (exact) mass is 296 g/mol. The molecule has 3 heteroatoms. The molecular formula is C19H20O3. The SMILES string of the molecule is C=Cc1ccc(CCOCc2ccccc2)c2c1OCCO2. The molecule has 0 spiro atoms. The van der Waals surface area contributed by atoms with E-state index in [9.17, 15) is 0 Å². The van der Waals surface area contributed by atoms with Crippen LogP contribution >= 0.6 is 0 Å². The zero-order valence-corrected chi connectivity index (χ0v) is 12.6. The summed E-state index contributed by atoms with van der Waals surface area (Å²) in [7, 11) is 0. The third-order valence-corrected chi connectivity index (χ3v) is 3.65. The van der Waals surface area contributed by atoms with Crippen molar-refractivity contribution in [2.45, 2.75) is 13.0 Å². The van der Waals surface area contributed by atoms with Crippen molar-refractivity contribution in [3.8, 4) is 11.5 Å². The van der Waals surface area contributed by atoms with E-state index in [1.807, 2.05) is 24.3 Å². The third-order valence-electron chi connectivity index (χ3n) is 3.65. The molecule has 0 unspecified atom stereocenters. The van der Waals surface area contributed by atoms with E-state index in [-0.39, 0.29) is 0 Å². The third kappa shape index (κ3) is 3.31. The summed E-state index contributed by atoms with van der Waals surface area (Å²) in [6.45, 7) is 6.27. The van der Waals surface area contributed by atoms with E-state index in [4.69, 9.17) is 14.2 Å². The van der Waals surface area contributed by atoms with E-state index in [0.29, 0.717) is 26.4 Å². The van der Waals surface area contributed by atoms with Gasteiger partial charge in [-0.2, -0.15) is 0 Å². The number of benzene rings is 2. The van der Waals surface area contributed by atoms with E-state index in [0.717, 1.165) is 29.0 Å². The van der Waals surface area contributed by atoms with Gasteiger partial charge in [0.05, 0.1) is 13.2 Å². The molecule has 0 aromatic heterocycles. The fraction of sp³-hybridized carbons (Fsp3) is 0.263. The molecule has 1 heterocycles. The molecular weight excluding hydrogens is 276 g/mol. The molecule has 0 fully saturated rings. The van der Waals surface area contributed by atoms with Gasteiger partial charge in [-0.1, -0.05) is 55.1 Å². The van der Waals surface area contributed by atoms with E-state index >= 15 is 0 Å². The van der Waals surface area contributed by atoms with Gasteiger partial charge in [0, 0.05) is 11.1 Å². The summed E-state index contributed by atoms with van der Waals surface area (Å²) in [6.07, 6.45) is 2.60. The van der Waals surface area contributed by atoms with Crippen molar-refractivity contribution < 1.29 is 14.2 Å². The van der Waals surface area contributed by atoms with Crippen molar-refractivity contribution in [3.63, 3.8) is 0 Å². The summed E-state index contributed by atoms with van der Waals surface area (Å²) in [4.78, 5) is 0. The summed E-state index contributed by atoms with van der Waals surface area (Å²) < 4.78 is 17.3. The van der Waals surface area contributed by atoms with Crippen LogP contribution in [-0.2, 0) is 17.8 Å². The Labute approximate surface area is 131 Å². The van der Waals surface area contributed by atoms with Crippen LogP contribution in [0.3, 0.4) is 0 Å². The van der Waals surface area contributed by atoms with E-state index in [1.54, 1.807) is 6.08 Å². The largest absolute Gasteiger partial charge is 0.486 e. The lowest BCUT2D eigenvalue weighted by molar-refractivity contribution is 0.121. The van der Waals surface area contributed by atoms with Crippen LogP contribution in [0.4, 0.5) is 0 Å². The molecule has 0 atom stereocenters. The van der Waals surface area contributed by atoms with Crippen molar-refractivity contribution in [1.82, 2.24) is 0 Å². The lowest BCUT2D eigenvalue weighted by atomic mass is 10.1. The molecule has 0 N–H and O–H groups in total. The van der Waals surface area contributed by atoms with Gasteiger partial charge in [-0.05, 0) is 12.0 Å². The highest BCUT2D eigenvalue weighted by atomic mass is 16.6. The first-order valence-electron chi connectivity index (χ1n) is 7.54. The van der Waals surface area contributed by atoms with Crippen LogP contribution in [0.5, 0.6) is 11.5 Å². The second kappa shape index (κ2) is 7.14. The number of fused-ring (bicyclic) bond motifs is 1. The number of hydrogen-bond acceptors (Lipinski definition) is 3. The summed E-state index contributed by atoms with van der Waals surface area (Å²) >= 11 is 0. The van der Waals surface area contributed by atoms with Crippen LogP contribution < -0.4 is 9.47 Å². The Morgan fingerprint density at radius 1 is 1.00 bits per heavy atom. The molecule has 0 aliphatic carbocycles. The Kier molecular flexibility index (Phi) is 4.76. The van der Waals surface area contributed by atoms with Crippen LogP contribution in [0, 0.1) is 0 Å². The number of rotatable bonds is 6. The normalized spacial score (nSPS) is 12.9. The first-order chi connectivity index (χ1) is 10.9. The van der Waals surface area contributed by atoms with Gasteiger partial charge < -0.3 is 14.2 Å². The van der Waals surface area contributed by atoms with Crippen molar-refractivity contribution in [3.05, 3.63) is 65.7 Å². The molecule has 3 nitrogen and oxygen atoms in total. The lowest BCUT2D eigenvalue weighted by Crippen LogP contribution is -2.17. The molecule has 0 radical (unpaired) electrons. The fourth-order valence-electron chi connectivity index (χ4n) is 2.52. The average molecular weight is 296 g/mol. The minimum absolute atomic E-state index is 0.585. The van der Waals surface area contributed by atoms with Crippen molar-refractivity contribution >= 4 is 6.08 Å². The van der Waals surface area contributed by atoms with Crippen LogP contribution in [-0.4, -0.2) is 19.8 Å². The fourth-order valence-corrected chi connectivity index (χ4v) is 2.52. The standard InChI is InChI=1S/C19H20O3/c1-2-16-8-9-17(19-18(16)21-12-13-22-19)10-11-20-14-15-6-4-3-5-7-15/h2-9H,1,10-14H2. The maximum atomic E-state index is 5.78. The zero-order chi connectivity index (χ0) is 15.2. The Bertz CT molecular complexity index is 635. The van der Waals surface area contributed by atoms with Gasteiger partial charge in [0.15, 0.2) is 11.5 Å². The quantitative estimate of drug-likeness (QED) is 0.758. The van der Waals surface area contributed by atoms with Gasteiger partial charge in [-0.15, -0.1) is 0 Å². The van der Waals surface area contributed by atoms with Crippen molar-refractivity contribution in [1.29, 1.82) is 0 Å². The Hall–Kier alpha value is -2.26. The molecule has 3 rings (SSSR count). The lowest BCUT2D eigenvalue weighted by Gasteiger charge is -2.23. The minimum atomic E-state index is 0.585. The molecule has 1 aliphatic rings. The molecule has 114 valence electrons. The minimum Gasteiger partial charge on any atom is -0.486 e. The zero-order valence-electron chi connectivity index (χ0n) is 12.6. The molecule has 1 aliphatic heterocycles. The summed E-state index contributed by atoms with van der Waals surface area (Å²) in [5.74, 6) is 1.65. The predicted molar refractivity (Wildman–Crippen MR) is 87.3 cm³/mol. The van der Waals surface area contributed by atoms with E-state index in [1.165, 1.54) is 5.56 Å². The molecule has 22 heavy (non-hydrogen) atoms.